The van der Waals surface area contributed by atoms with Crippen molar-refractivity contribution in [2.24, 2.45) is 11.8 Å². The molecule has 0 unspecified atom stereocenters. The van der Waals surface area contributed by atoms with Gasteiger partial charge in [0.2, 0.25) is 5.91 Å². The van der Waals surface area contributed by atoms with Gasteiger partial charge in [-0.3, -0.25) is 4.79 Å². The number of hydrogen-bond donors (Lipinski definition) is 1. The lowest BCUT2D eigenvalue weighted by Gasteiger charge is -2.26. The second-order valence-corrected chi connectivity index (χ2v) is 6.42. The number of nitrogens with one attached hydrogen (secondary N) is 1. The lowest BCUT2D eigenvalue weighted by molar-refractivity contribution is -0.122. The second kappa shape index (κ2) is 8.93. The van der Waals surface area contributed by atoms with Crippen LogP contribution in [0.5, 0.6) is 5.75 Å². The largest absolute Gasteiger partial charge is 0.494 e. The van der Waals surface area contributed by atoms with Gasteiger partial charge in [-0.05, 0) is 42.5 Å². The Morgan fingerprint density at radius 3 is 2.24 bits per heavy atom. The first kappa shape index (κ1) is 17.8. The minimum absolute atomic E-state index is 0.0992. The van der Waals surface area contributed by atoms with Crippen LogP contribution in [0.2, 0.25) is 5.02 Å². The predicted octanol–water partition coefficient (Wildman–Crippen LogP) is 4.30. The summed E-state index contributed by atoms with van der Waals surface area (Å²) in [6.07, 6.45) is 1.20. The van der Waals surface area contributed by atoms with E-state index in [0.29, 0.717) is 36.3 Å². The first-order valence-electron chi connectivity index (χ1n) is 7.58. The van der Waals surface area contributed by atoms with Gasteiger partial charge in [0.05, 0.1) is 6.61 Å². The van der Waals surface area contributed by atoms with Gasteiger partial charge in [-0.15, -0.1) is 0 Å². The Morgan fingerprint density at radius 2 is 1.71 bits per heavy atom. The number of halogens is 1. The number of hydrogen-bond acceptors (Lipinski definition) is 2. The first-order chi connectivity index (χ1) is 9.90. The van der Waals surface area contributed by atoms with Crippen LogP contribution in [0.25, 0.3) is 0 Å². The zero-order valence-electron chi connectivity index (χ0n) is 13.4. The van der Waals surface area contributed by atoms with Crippen molar-refractivity contribution >= 4 is 17.5 Å². The minimum atomic E-state index is 0.0992. The van der Waals surface area contributed by atoms with Crippen molar-refractivity contribution in [1.82, 2.24) is 5.32 Å². The van der Waals surface area contributed by atoms with Crippen LogP contribution >= 0.6 is 11.6 Å². The number of benzene rings is 1. The molecule has 0 bridgehead atoms. The van der Waals surface area contributed by atoms with E-state index in [2.05, 4.69) is 33.0 Å². The zero-order valence-corrected chi connectivity index (χ0v) is 14.1. The molecule has 0 saturated heterocycles. The Morgan fingerprint density at radius 1 is 1.14 bits per heavy atom. The number of carbonyl (C=O) groups excluding carboxylic acids is 1. The Hall–Kier alpha value is -1.22. The summed E-state index contributed by atoms with van der Waals surface area (Å²) in [7, 11) is 0. The highest BCUT2D eigenvalue weighted by molar-refractivity contribution is 6.30. The molecule has 0 radical (unpaired) electrons. The van der Waals surface area contributed by atoms with Crippen molar-refractivity contribution in [2.45, 2.75) is 46.6 Å². The molecule has 1 N–H and O–H groups in total. The lowest BCUT2D eigenvalue weighted by atomic mass is 9.93. The van der Waals surface area contributed by atoms with Crippen molar-refractivity contribution in [3.05, 3.63) is 29.3 Å². The van der Waals surface area contributed by atoms with Gasteiger partial charge >= 0.3 is 0 Å². The molecule has 0 spiro atoms. The molecular weight excluding hydrogens is 286 g/mol. The molecule has 0 fully saturated rings. The summed E-state index contributed by atoms with van der Waals surface area (Å²) >= 11 is 5.81. The molecule has 0 atom stereocenters. The van der Waals surface area contributed by atoms with Crippen LogP contribution in [0.15, 0.2) is 24.3 Å². The molecule has 1 amide bonds. The highest BCUT2D eigenvalue weighted by Crippen LogP contribution is 2.16. The topological polar surface area (TPSA) is 38.3 Å². The zero-order chi connectivity index (χ0) is 15.8. The molecule has 118 valence electrons. The van der Waals surface area contributed by atoms with Crippen LogP contribution in [0.4, 0.5) is 0 Å². The highest BCUT2D eigenvalue weighted by atomic mass is 35.5. The summed E-state index contributed by atoms with van der Waals surface area (Å²) < 4.78 is 5.57. The van der Waals surface area contributed by atoms with Crippen molar-refractivity contribution in [3.63, 3.8) is 0 Å². The molecule has 1 aromatic carbocycles. The maximum atomic E-state index is 11.9. The minimum Gasteiger partial charge on any atom is -0.494 e. The van der Waals surface area contributed by atoms with Crippen LogP contribution in [0.1, 0.15) is 40.5 Å². The Bertz CT molecular complexity index is 421. The van der Waals surface area contributed by atoms with Gasteiger partial charge in [-0.25, -0.2) is 0 Å². The van der Waals surface area contributed by atoms with Crippen LogP contribution in [0.3, 0.4) is 0 Å². The average Bonchev–Trinajstić information content (AvgIpc) is 2.42. The summed E-state index contributed by atoms with van der Waals surface area (Å²) in [5, 5.41) is 3.80. The lowest BCUT2D eigenvalue weighted by Crippen LogP contribution is -2.42. The van der Waals surface area contributed by atoms with Crippen molar-refractivity contribution < 1.29 is 9.53 Å². The molecule has 0 saturated carbocycles. The van der Waals surface area contributed by atoms with Gasteiger partial charge in [0.25, 0.3) is 0 Å². The van der Waals surface area contributed by atoms with Crippen molar-refractivity contribution in [1.29, 1.82) is 0 Å². The van der Waals surface area contributed by atoms with E-state index in [1.165, 1.54) is 0 Å². The van der Waals surface area contributed by atoms with E-state index in [-0.39, 0.29) is 11.9 Å². The molecule has 4 heteroatoms. The monoisotopic (exact) mass is 311 g/mol. The average molecular weight is 312 g/mol. The summed E-state index contributed by atoms with van der Waals surface area (Å²) in [4.78, 5) is 11.9. The Balaban J connectivity index is 2.25. The summed E-state index contributed by atoms with van der Waals surface area (Å²) in [5.74, 6) is 1.77. The number of amides is 1. The van der Waals surface area contributed by atoms with Crippen molar-refractivity contribution in [2.75, 3.05) is 6.61 Å². The SMILES string of the molecule is CC(C)C(NC(=O)CCCOc1ccc(Cl)cc1)C(C)C. The molecule has 0 aliphatic rings. The van der Waals surface area contributed by atoms with E-state index < -0.39 is 0 Å². The second-order valence-electron chi connectivity index (χ2n) is 5.99. The maximum absolute atomic E-state index is 11.9. The number of rotatable bonds is 8. The standard InChI is InChI=1S/C17H26ClNO2/c1-12(2)17(13(3)4)19-16(20)6-5-11-21-15-9-7-14(18)8-10-15/h7-10,12-13,17H,5-6,11H2,1-4H3,(H,19,20). The van der Waals surface area contributed by atoms with E-state index in [0.717, 1.165) is 5.75 Å². The fraction of sp³-hybridized carbons (Fsp3) is 0.588. The van der Waals surface area contributed by atoms with Crippen molar-refractivity contribution in [3.8, 4) is 5.75 Å². The van der Waals surface area contributed by atoms with E-state index >= 15 is 0 Å². The summed E-state index contributed by atoms with van der Waals surface area (Å²) in [5.41, 5.74) is 0. The predicted molar refractivity (Wildman–Crippen MR) is 87.8 cm³/mol. The molecule has 0 heterocycles. The molecule has 1 rings (SSSR count). The molecule has 0 aliphatic carbocycles. The quantitative estimate of drug-likeness (QED) is 0.727. The molecule has 21 heavy (non-hydrogen) atoms. The van der Waals surface area contributed by atoms with Gasteiger partial charge in [0, 0.05) is 17.5 Å². The van der Waals surface area contributed by atoms with Gasteiger partial charge in [0.15, 0.2) is 0 Å². The van der Waals surface area contributed by atoms with Gasteiger partial charge in [-0.1, -0.05) is 39.3 Å². The smallest absolute Gasteiger partial charge is 0.220 e. The Kier molecular flexibility index (Phi) is 7.58. The van der Waals surface area contributed by atoms with E-state index in [4.69, 9.17) is 16.3 Å². The summed E-state index contributed by atoms with van der Waals surface area (Å²) in [6, 6.07) is 7.47. The van der Waals surface area contributed by atoms with Gasteiger partial charge < -0.3 is 10.1 Å². The third kappa shape index (κ3) is 6.85. The maximum Gasteiger partial charge on any atom is 0.220 e. The van der Waals surface area contributed by atoms with Gasteiger partial charge in [0.1, 0.15) is 5.75 Å². The molecule has 1 aromatic rings. The molecule has 0 aliphatic heterocycles. The Labute approximate surface area is 133 Å². The van der Waals surface area contributed by atoms with Crippen LogP contribution in [0, 0.1) is 11.8 Å². The molecule has 0 aromatic heterocycles. The third-order valence-electron chi connectivity index (χ3n) is 3.39. The first-order valence-corrected chi connectivity index (χ1v) is 7.95. The van der Waals surface area contributed by atoms with Crippen LogP contribution in [-0.2, 0) is 4.79 Å². The third-order valence-corrected chi connectivity index (χ3v) is 3.65. The van der Waals surface area contributed by atoms with Gasteiger partial charge in [-0.2, -0.15) is 0 Å². The van der Waals surface area contributed by atoms with E-state index in [1.807, 2.05) is 12.1 Å². The normalized spacial score (nSPS) is 11.2. The fourth-order valence-corrected chi connectivity index (χ4v) is 2.44. The van der Waals surface area contributed by atoms with Crippen LogP contribution < -0.4 is 10.1 Å². The highest BCUT2D eigenvalue weighted by Gasteiger charge is 2.19. The number of carbonyl (C=O) groups is 1. The van der Waals surface area contributed by atoms with Crippen LogP contribution in [-0.4, -0.2) is 18.6 Å². The molecule has 3 nitrogen and oxygen atoms in total. The fourth-order valence-electron chi connectivity index (χ4n) is 2.31. The van der Waals surface area contributed by atoms with E-state index in [1.54, 1.807) is 12.1 Å². The number of ether oxygens (including phenoxy) is 1. The summed E-state index contributed by atoms with van der Waals surface area (Å²) in [6.45, 7) is 9.06. The van der Waals surface area contributed by atoms with E-state index in [9.17, 15) is 4.79 Å². The molecular formula is C17H26ClNO2.